The van der Waals surface area contributed by atoms with Crippen LogP contribution in [0.4, 0.5) is 10.8 Å². The van der Waals surface area contributed by atoms with Crippen molar-refractivity contribution < 1.29 is 9.21 Å². The summed E-state index contributed by atoms with van der Waals surface area (Å²) in [6, 6.07) is 8.86. The van der Waals surface area contributed by atoms with E-state index in [2.05, 4.69) is 20.8 Å². The Morgan fingerprint density at radius 2 is 2.18 bits per heavy atom. The first-order valence-electron chi connectivity index (χ1n) is 6.64. The molecule has 0 unspecified atom stereocenters. The topological polar surface area (TPSA) is 79.5 Å². The van der Waals surface area contributed by atoms with E-state index in [-0.39, 0.29) is 11.7 Å². The first-order valence-corrected chi connectivity index (χ1v) is 7.46. The molecule has 0 radical (unpaired) electrons. The average molecular weight is 314 g/mol. The maximum absolute atomic E-state index is 11.9. The normalized spacial score (nSPS) is 10.5. The van der Waals surface area contributed by atoms with Crippen molar-refractivity contribution in [1.29, 1.82) is 0 Å². The summed E-state index contributed by atoms with van der Waals surface area (Å²) in [5.41, 5.74) is 5.30. The van der Waals surface area contributed by atoms with Gasteiger partial charge < -0.3 is 9.73 Å². The fourth-order valence-corrected chi connectivity index (χ4v) is 2.60. The number of aromatic nitrogens is 1. The van der Waals surface area contributed by atoms with Crippen LogP contribution in [0.1, 0.15) is 24.4 Å². The highest BCUT2D eigenvalue weighted by Crippen LogP contribution is 2.28. The van der Waals surface area contributed by atoms with Crippen molar-refractivity contribution >= 4 is 44.0 Å². The molecule has 3 rings (SSSR count). The number of anilines is 2. The largest absolute Gasteiger partial charge is 0.459 e. The van der Waals surface area contributed by atoms with E-state index in [1.165, 1.54) is 17.6 Å². The molecule has 2 aromatic heterocycles. The second-order valence-electron chi connectivity index (χ2n) is 4.80. The van der Waals surface area contributed by atoms with Gasteiger partial charge in [-0.25, -0.2) is 4.98 Å². The van der Waals surface area contributed by atoms with Gasteiger partial charge in [0.2, 0.25) is 5.13 Å². The number of thiazole rings is 1. The van der Waals surface area contributed by atoms with E-state index in [1.54, 1.807) is 12.1 Å². The van der Waals surface area contributed by atoms with Gasteiger partial charge in [0.05, 0.1) is 16.5 Å². The maximum atomic E-state index is 11.9. The van der Waals surface area contributed by atoms with Crippen LogP contribution in [0.3, 0.4) is 0 Å². The molecule has 22 heavy (non-hydrogen) atoms. The van der Waals surface area contributed by atoms with Crippen LogP contribution in [-0.4, -0.2) is 16.6 Å². The Bertz CT molecular complexity index is 832. The van der Waals surface area contributed by atoms with Crippen molar-refractivity contribution in [2.75, 3.05) is 10.7 Å². The predicted octanol–water partition coefficient (Wildman–Crippen LogP) is 3.95. The van der Waals surface area contributed by atoms with E-state index in [1.807, 2.05) is 32.0 Å². The number of hydrogen-bond acceptors (Lipinski definition) is 6. The van der Waals surface area contributed by atoms with Crippen LogP contribution in [0.5, 0.6) is 0 Å². The van der Waals surface area contributed by atoms with E-state index < -0.39 is 0 Å². The highest BCUT2D eigenvalue weighted by atomic mass is 32.1. The highest BCUT2D eigenvalue weighted by molar-refractivity contribution is 7.22. The summed E-state index contributed by atoms with van der Waals surface area (Å²) in [6.07, 6.45) is 1.47. The van der Waals surface area contributed by atoms with Gasteiger partial charge in [-0.15, -0.1) is 0 Å². The molecule has 7 heteroatoms. The molecule has 1 aromatic carbocycles. The Morgan fingerprint density at radius 1 is 1.32 bits per heavy atom. The minimum absolute atomic E-state index is 0.272. The SMILES string of the molecule is CC(C)=NNc1nc2cc(NC(=O)c3ccco3)ccc2s1. The van der Waals surface area contributed by atoms with Crippen LogP contribution >= 0.6 is 11.3 Å². The van der Waals surface area contributed by atoms with Crippen molar-refractivity contribution in [3.8, 4) is 0 Å². The van der Waals surface area contributed by atoms with Crippen LogP contribution in [0.2, 0.25) is 0 Å². The first-order chi connectivity index (χ1) is 10.6. The molecule has 112 valence electrons. The number of amides is 1. The van der Waals surface area contributed by atoms with Gasteiger partial charge in [0, 0.05) is 11.4 Å². The zero-order chi connectivity index (χ0) is 15.5. The van der Waals surface area contributed by atoms with Crippen LogP contribution in [0.25, 0.3) is 10.2 Å². The maximum Gasteiger partial charge on any atom is 0.291 e. The van der Waals surface area contributed by atoms with Crippen molar-refractivity contribution in [1.82, 2.24) is 4.98 Å². The van der Waals surface area contributed by atoms with Crippen LogP contribution < -0.4 is 10.7 Å². The number of nitrogens with zero attached hydrogens (tertiary/aromatic N) is 2. The fourth-order valence-electron chi connectivity index (χ4n) is 1.81. The third-order valence-corrected chi connectivity index (χ3v) is 3.71. The molecule has 1 amide bonds. The Morgan fingerprint density at radius 3 is 2.91 bits per heavy atom. The molecule has 0 aliphatic heterocycles. The number of carbonyl (C=O) groups excluding carboxylic acids is 1. The van der Waals surface area contributed by atoms with Gasteiger partial charge in [-0.05, 0) is 44.2 Å². The van der Waals surface area contributed by atoms with E-state index in [0.717, 1.165) is 15.9 Å². The van der Waals surface area contributed by atoms with Crippen molar-refractivity contribution in [3.05, 3.63) is 42.4 Å². The summed E-state index contributed by atoms with van der Waals surface area (Å²) < 4.78 is 6.08. The second kappa shape index (κ2) is 5.98. The summed E-state index contributed by atoms with van der Waals surface area (Å²) in [5.74, 6) is -0.0161. The number of hydrogen-bond donors (Lipinski definition) is 2. The molecule has 0 aliphatic carbocycles. The van der Waals surface area contributed by atoms with Crippen molar-refractivity contribution in [3.63, 3.8) is 0 Å². The smallest absolute Gasteiger partial charge is 0.291 e. The monoisotopic (exact) mass is 314 g/mol. The fraction of sp³-hybridized carbons (Fsp3) is 0.133. The molecule has 0 bridgehead atoms. The van der Waals surface area contributed by atoms with Gasteiger partial charge in [0.15, 0.2) is 5.76 Å². The van der Waals surface area contributed by atoms with Gasteiger partial charge in [0.25, 0.3) is 5.91 Å². The minimum Gasteiger partial charge on any atom is -0.459 e. The quantitative estimate of drug-likeness (QED) is 0.564. The number of furan rings is 1. The molecule has 0 saturated carbocycles. The van der Waals surface area contributed by atoms with E-state index in [4.69, 9.17) is 4.42 Å². The standard InChI is InChI=1S/C15H14N4O2S/c1-9(2)18-19-15-17-11-8-10(5-6-13(11)22-15)16-14(20)12-4-3-7-21-12/h3-8H,1-2H3,(H,16,20)(H,17,19). The number of rotatable bonds is 4. The zero-order valence-electron chi connectivity index (χ0n) is 12.1. The first kappa shape index (κ1) is 14.3. The Hall–Kier alpha value is -2.67. The van der Waals surface area contributed by atoms with Gasteiger partial charge >= 0.3 is 0 Å². The lowest BCUT2D eigenvalue weighted by Crippen LogP contribution is -2.10. The highest BCUT2D eigenvalue weighted by Gasteiger charge is 2.10. The second-order valence-corrected chi connectivity index (χ2v) is 5.83. The molecule has 0 aliphatic rings. The van der Waals surface area contributed by atoms with E-state index >= 15 is 0 Å². The third-order valence-electron chi connectivity index (χ3n) is 2.77. The van der Waals surface area contributed by atoms with Crippen molar-refractivity contribution in [2.45, 2.75) is 13.8 Å². The molecular formula is C15H14N4O2S. The third kappa shape index (κ3) is 3.15. The number of nitrogens with one attached hydrogen (secondary N) is 2. The molecule has 0 saturated heterocycles. The summed E-state index contributed by atoms with van der Waals surface area (Å²) in [4.78, 5) is 16.4. The van der Waals surface area contributed by atoms with Crippen LogP contribution in [-0.2, 0) is 0 Å². The Labute approximate surface area is 130 Å². The molecule has 3 aromatic rings. The number of hydrazone groups is 1. The van der Waals surface area contributed by atoms with E-state index in [9.17, 15) is 4.79 Å². The Balaban J connectivity index is 1.80. The molecule has 2 N–H and O–H groups in total. The molecule has 0 atom stereocenters. The summed E-state index contributed by atoms with van der Waals surface area (Å²) in [7, 11) is 0. The number of fused-ring (bicyclic) bond motifs is 1. The van der Waals surface area contributed by atoms with Crippen molar-refractivity contribution in [2.24, 2.45) is 5.10 Å². The molecule has 6 nitrogen and oxygen atoms in total. The van der Waals surface area contributed by atoms with Gasteiger partial charge in [-0.2, -0.15) is 5.10 Å². The lowest BCUT2D eigenvalue weighted by Gasteiger charge is -2.02. The Kier molecular flexibility index (Phi) is 3.88. The van der Waals surface area contributed by atoms with Gasteiger partial charge in [0.1, 0.15) is 0 Å². The lowest BCUT2D eigenvalue weighted by molar-refractivity contribution is 0.0996. The average Bonchev–Trinajstić information content (AvgIpc) is 3.13. The molecular weight excluding hydrogens is 300 g/mol. The minimum atomic E-state index is -0.288. The molecule has 0 fully saturated rings. The number of carbonyl (C=O) groups is 1. The van der Waals surface area contributed by atoms with E-state index in [0.29, 0.717) is 10.8 Å². The van der Waals surface area contributed by atoms with Crippen LogP contribution in [0, 0.1) is 0 Å². The van der Waals surface area contributed by atoms with Crippen LogP contribution in [0.15, 0.2) is 46.1 Å². The molecule has 0 spiro atoms. The summed E-state index contributed by atoms with van der Waals surface area (Å²) >= 11 is 1.50. The zero-order valence-corrected chi connectivity index (χ0v) is 12.9. The summed E-state index contributed by atoms with van der Waals surface area (Å²) in [5, 5.41) is 7.62. The van der Waals surface area contributed by atoms with Gasteiger partial charge in [-0.1, -0.05) is 11.3 Å². The lowest BCUT2D eigenvalue weighted by atomic mass is 10.3. The number of benzene rings is 1. The predicted molar refractivity (Wildman–Crippen MR) is 88.7 cm³/mol. The molecule has 2 heterocycles. The summed E-state index contributed by atoms with van der Waals surface area (Å²) in [6.45, 7) is 3.81. The van der Waals surface area contributed by atoms with Gasteiger partial charge in [-0.3, -0.25) is 10.2 Å².